The van der Waals surface area contributed by atoms with Gasteiger partial charge in [-0.2, -0.15) is 0 Å². The molecule has 1 aliphatic heterocycles. The van der Waals surface area contributed by atoms with E-state index in [1.54, 1.807) is 36.4 Å². The number of hydrogen-bond donors (Lipinski definition) is 1. The highest BCUT2D eigenvalue weighted by Gasteiger charge is 2.37. The number of carbonyl (C=O) groups is 3. The van der Waals surface area contributed by atoms with E-state index in [0.717, 1.165) is 4.90 Å². The van der Waals surface area contributed by atoms with Crippen molar-refractivity contribution in [2.24, 2.45) is 0 Å². The lowest BCUT2D eigenvalue weighted by atomic mass is 10.0. The molecule has 0 aliphatic carbocycles. The Hall–Kier alpha value is -4.01. The summed E-state index contributed by atoms with van der Waals surface area (Å²) in [6, 6.07) is 8.79. The van der Waals surface area contributed by atoms with Crippen molar-refractivity contribution >= 4 is 29.6 Å². The van der Waals surface area contributed by atoms with Crippen molar-refractivity contribution in [3.05, 3.63) is 47.5 Å². The van der Waals surface area contributed by atoms with Crippen molar-refractivity contribution < 1.29 is 33.3 Å². The average molecular weight is 426 g/mol. The molecule has 0 spiro atoms. The van der Waals surface area contributed by atoms with Gasteiger partial charge in [0.2, 0.25) is 5.75 Å². The predicted molar refractivity (Wildman–Crippen MR) is 113 cm³/mol. The third kappa shape index (κ3) is 4.16. The van der Waals surface area contributed by atoms with Crippen molar-refractivity contribution in [3.63, 3.8) is 0 Å². The van der Waals surface area contributed by atoms with Crippen molar-refractivity contribution in [2.75, 3.05) is 32.8 Å². The van der Waals surface area contributed by atoms with Crippen molar-refractivity contribution in [1.29, 1.82) is 0 Å². The van der Waals surface area contributed by atoms with Crippen LogP contribution in [0.2, 0.25) is 0 Å². The van der Waals surface area contributed by atoms with Crippen LogP contribution in [0.3, 0.4) is 0 Å². The minimum Gasteiger partial charge on any atom is -0.494 e. The summed E-state index contributed by atoms with van der Waals surface area (Å²) < 4.78 is 21.4. The molecule has 1 heterocycles. The summed E-state index contributed by atoms with van der Waals surface area (Å²) in [5, 5.41) is 2.19. The van der Waals surface area contributed by atoms with Crippen LogP contribution in [0.5, 0.6) is 23.0 Å². The number of anilines is 1. The molecule has 0 radical (unpaired) electrons. The van der Waals surface area contributed by atoms with Gasteiger partial charge < -0.3 is 18.9 Å². The Labute approximate surface area is 179 Å². The quantitative estimate of drug-likeness (QED) is 0.536. The van der Waals surface area contributed by atoms with E-state index < -0.39 is 17.8 Å². The first kappa shape index (κ1) is 21.7. The highest BCUT2D eigenvalue weighted by Crippen LogP contribution is 2.40. The molecule has 9 nitrogen and oxygen atoms in total. The van der Waals surface area contributed by atoms with Crippen LogP contribution in [0.1, 0.15) is 12.5 Å². The van der Waals surface area contributed by atoms with Crippen LogP contribution in [0.25, 0.3) is 6.08 Å². The number of amides is 4. The van der Waals surface area contributed by atoms with Crippen molar-refractivity contribution in [3.8, 4) is 23.0 Å². The van der Waals surface area contributed by atoms with Crippen LogP contribution in [-0.4, -0.2) is 45.8 Å². The highest BCUT2D eigenvalue weighted by molar-refractivity contribution is 6.39. The first-order valence-corrected chi connectivity index (χ1v) is 9.38. The van der Waals surface area contributed by atoms with Gasteiger partial charge in [0.05, 0.1) is 33.6 Å². The topological polar surface area (TPSA) is 103 Å². The Balaban J connectivity index is 2.03. The van der Waals surface area contributed by atoms with Crippen LogP contribution < -0.4 is 29.2 Å². The van der Waals surface area contributed by atoms with Crippen LogP contribution in [0.15, 0.2) is 42.0 Å². The van der Waals surface area contributed by atoms with Gasteiger partial charge in [0.1, 0.15) is 11.3 Å². The number of rotatable bonds is 7. The maximum absolute atomic E-state index is 13.1. The molecule has 4 amide bonds. The molecule has 1 fully saturated rings. The standard InChI is InChI=1S/C22H22N2O7/c1-5-31-15-9-7-14(8-10-15)24-21(26)16(20(25)23-22(24)27)12-13-6-11-17(28-2)19(30-4)18(13)29-3/h6-12H,5H2,1-4H3,(H,23,25,27). The second-order valence-electron chi connectivity index (χ2n) is 6.31. The monoisotopic (exact) mass is 426 g/mol. The summed E-state index contributed by atoms with van der Waals surface area (Å²) in [5.41, 5.74) is 0.460. The minimum absolute atomic E-state index is 0.237. The molecule has 0 aromatic heterocycles. The SMILES string of the molecule is CCOc1ccc(N2C(=O)NC(=O)C(=Cc3ccc(OC)c(OC)c3OC)C2=O)cc1. The van der Waals surface area contributed by atoms with E-state index in [-0.39, 0.29) is 11.3 Å². The van der Waals surface area contributed by atoms with Gasteiger partial charge in [-0.3, -0.25) is 14.9 Å². The fourth-order valence-electron chi connectivity index (χ4n) is 3.14. The Morgan fingerprint density at radius 1 is 0.903 bits per heavy atom. The number of urea groups is 1. The smallest absolute Gasteiger partial charge is 0.335 e. The van der Waals surface area contributed by atoms with E-state index in [1.165, 1.54) is 27.4 Å². The van der Waals surface area contributed by atoms with E-state index in [0.29, 0.717) is 35.1 Å². The first-order chi connectivity index (χ1) is 14.9. The van der Waals surface area contributed by atoms with Gasteiger partial charge in [-0.1, -0.05) is 0 Å². The Bertz CT molecular complexity index is 1040. The van der Waals surface area contributed by atoms with Gasteiger partial charge in [0.15, 0.2) is 11.5 Å². The Morgan fingerprint density at radius 3 is 2.16 bits per heavy atom. The van der Waals surface area contributed by atoms with E-state index in [2.05, 4.69) is 5.32 Å². The molecule has 31 heavy (non-hydrogen) atoms. The molecule has 2 aromatic rings. The first-order valence-electron chi connectivity index (χ1n) is 9.38. The van der Waals surface area contributed by atoms with Gasteiger partial charge in [-0.15, -0.1) is 0 Å². The fraction of sp³-hybridized carbons (Fsp3) is 0.227. The number of benzene rings is 2. The van der Waals surface area contributed by atoms with Gasteiger partial charge in [0, 0.05) is 5.56 Å². The second-order valence-corrected chi connectivity index (χ2v) is 6.31. The third-order valence-electron chi connectivity index (χ3n) is 4.54. The lowest BCUT2D eigenvalue weighted by Gasteiger charge is -2.26. The van der Waals surface area contributed by atoms with Crippen molar-refractivity contribution in [2.45, 2.75) is 6.92 Å². The van der Waals surface area contributed by atoms with Gasteiger partial charge in [0.25, 0.3) is 11.8 Å². The lowest BCUT2D eigenvalue weighted by molar-refractivity contribution is -0.122. The molecule has 3 rings (SSSR count). The maximum Gasteiger partial charge on any atom is 0.335 e. The summed E-state index contributed by atoms with van der Waals surface area (Å²) in [6.07, 6.45) is 1.34. The molecule has 0 atom stereocenters. The number of nitrogens with zero attached hydrogens (tertiary/aromatic N) is 1. The van der Waals surface area contributed by atoms with Crippen LogP contribution in [0, 0.1) is 0 Å². The molecule has 0 unspecified atom stereocenters. The maximum atomic E-state index is 13.1. The summed E-state index contributed by atoms with van der Waals surface area (Å²) in [4.78, 5) is 38.8. The largest absolute Gasteiger partial charge is 0.494 e. The minimum atomic E-state index is -0.837. The Kier molecular flexibility index (Phi) is 6.44. The number of methoxy groups -OCH3 is 3. The summed E-state index contributed by atoms with van der Waals surface area (Å²) in [5.74, 6) is 0.0239. The predicted octanol–water partition coefficient (Wildman–Crippen LogP) is 2.78. The van der Waals surface area contributed by atoms with Crippen molar-refractivity contribution in [1.82, 2.24) is 5.32 Å². The molecule has 0 saturated carbocycles. The molecule has 1 aliphatic rings. The molecule has 9 heteroatoms. The number of imide groups is 2. The molecular formula is C22H22N2O7. The number of barbiturate groups is 1. The van der Waals surface area contributed by atoms with Gasteiger partial charge >= 0.3 is 6.03 Å². The second kappa shape index (κ2) is 9.21. The Morgan fingerprint density at radius 2 is 1.58 bits per heavy atom. The van der Waals surface area contributed by atoms with E-state index in [4.69, 9.17) is 18.9 Å². The average Bonchev–Trinajstić information content (AvgIpc) is 2.77. The molecule has 0 bridgehead atoms. The van der Waals surface area contributed by atoms with Gasteiger partial charge in [-0.05, 0) is 49.4 Å². The summed E-state index contributed by atoms with van der Waals surface area (Å²) >= 11 is 0. The molecule has 162 valence electrons. The number of carbonyl (C=O) groups excluding carboxylic acids is 3. The fourth-order valence-corrected chi connectivity index (χ4v) is 3.14. The zero-order valence-electron chi connectivity index (χ0n) is 17.6. The number of ether oxygens (including phenoxy) is 4. The normalized spacial score (nSPS) is 15.0. The van der Waals surface area contributed by atoms with E-state index in [1.807, 2.05) is 6.92 Å². The van der Waals surface area contributed by atoms with E-state index >= 15 is 0 Å². The van der Waals surface area contributed by atoms with Crippen LogP contribution in [-0.2, 0) is 9.59 Å². The molecule has 1 N–H and O–H groups in total. The van der Waals surface area contributed by atoms with Gasteiger partial charge in [-0.25, -0.2) is 9.69 Å². The zero-order chi connectivity index (χ0) is 22.5. The summed E-state index contributed by atoms with van der Waals surface area (Å²) in [6.45, 7) is 2.33. The number of nitrogens with one attached hydrogen (secondary N) is 1. The van der Waals surface area contributed by atoms with Crippen LogP contribution in [0.4, 0.5) is 10.5 Å². The molecule has 2 aromatic carbocycles. The lowest BCUT2D eigenvalue weighted by Crippen LogP contribution is -2.54. The highest BCUT2D eigenvalue weighted by atomic mass is 16.5. The van der Waals surface area contributed by atoms with E-state index in [9.17, 15) is 14.4 Å². The molecule has 1 saturated heterocycles. The molecular weight excluding hydrogens is 404 g/mol. The third-order valence-corrected chi connectivity index (χ3v) is 4.54. The number of hydrogen-bond acceptors (Lipinski definition) is 7. The zero-order valence-corrected chi connectivity index (χ0v) is 17.6. The summed E-state index contributed by atoms with van der Waals surface area (Å²) in [7, 11) is 4.35. The van der Waals surface area contributed by atoms with Crippen LogP contribution >= 0.6 is 0 Å².